The van der Waals surface area contributed by atoms with E-state index in [4.69, 9.17) is 0 Å². The van der Waals surface area contributed by atoms with Crippen LogP contribution in [0.4, 0.5) is 0 Å². The maximum atomic E-state index is 4.30. The van der Waals surface area contributed by atoms with Crippen LogP contribution in [0.15, 0.2) is 6.33 Å². The molecule has 1 aromatic heterocycles. The van der Waals surface area contributed by atoms with Gasteiger partial charge in [0.2, 0.25) is 0 Å². The summed E-state index contributed by atoms with van der Waals surface area (Å²) in [7, 11) is 0. The van der Waals surface area contributed by atoms with E-state index in [0.717, 1.165) is 18.8 Å². The van der Waals surface area contributed by atoms with Crippen LogP contribution in [-0.2, 0) is 6.54 Å². The normalized spacial score (nSPS) is 12.1. The molecule has 0 aromatic carbocycles. The summed E-state index contributed by atoms with van der Waals surface area (Å²) in [5.41, 5.74) is 2.68. The molecule has 1 aromatic rings. The minimum absolute atomic E-state index is 0.238. The van der Waals surface area contributed by atoms with Crippen LogP contribution in [0.25, 0.3) is 0 Å². The monoisotopic (exact) mass is 223 g/mol. The van der Waals surface area contributed by atoms with Gasteiger partial charge in [-0.1, -0.05) is 0 Å². The maximum absolute atomic E-state index is 4.30. The molecule has 0 aliphatic heterocycles. The zero-order valence-electron chi connectivity index (χ0n) is 11.3. The Bertz CT molecular complexity index is 320. The van der Waals surface area contributed by atoms with Crippen molar-refractivity contribution in [3.8, 4) is 0 Å². The Balaban J connectivity index is 2.19. The zero-order chi connectivity index (χ0) is 12.2. The SMILES string of the molecule is Cc1ncn(CCCCNC(C)(C)C)c1C. The van der Waals surface area contributed by atoms with Gasteiger partial charge in [-0.25, -0.2) is 4.98 Å². The second-order valence-electron chi connectivity index (χ2n) is 5.49. The highest BCUT2D eigenvalue weighted by molar-refractivity contribution is 5.08. The van der Waals surface area contributed by atoms with E-state index in [9.17, 15) is 0 Å². The summed E-state index contributed by atoms with van der Waals surface area (Å²) in [6.07, 6.45) is 4.37. The number of hydrogen-bond acceptors (Lipinski definition) is 2. The summed E-state index contributed by atoms with van der Waals surface area (Å²) in [4.78, 5) is 4.30. The van der Waals surface area contributed by atoms with Crippen LogP contribution in [0, 0.1) is 13.8 Å². The minimum Gasteiger partial charge on any atom is -0.335 e. The van der Waals surface area contributed by atoms with E-state index in [1.807, 2.05) is 6.33 Å². The van der Waals surface area contributed by atoms with Gasteiger partial charge in [0.1, 0.15) is 0 Å². The van der Waals surface area contributed by atoms with Crippen LogP contribution in [0.5, 0.6) is 0 Å². The van der Waals surface area contributed by atoms with Gasteiger partial charge >= 0.3 is 0 Å². The van der Waals surface area contributed by atoms with Gasteiger partial charge in [-0.2, -0.15) is 0 Å². The fraction of sp³-hybridized carbons (Fsp3) is 0.769. The highest BCUT2D eigenvalue weighted by atomic mass is 15.0. The van der Waals surface area contributed by atoms with E-state index >= 15 is 0 Å². The van der Waals surface area contributed by atoms with Gasteiger partial charge in [0.25, 0.3) is 0 Å². The van der Waals surface area contributed by atoms with Crippen molar-refractivity contribution in [3.05, 3.63) is 17.7 Å². The van der Waals surface area contributed by atoms with Crippen LogP contribution in [0.1, 0.15) is 45.0 Å². The van der Waals surface area contributed by atoms with Gasteiger partial charge in [-0.15, -0.1) is 0 Å². The van der Waals surface area contributed by atoms with Crippen LogP contribution in [0.2, 0.25) is 0 Å². The van der Waals surface area contributed by atoms with Crippen molar-refractivity contribution < 1.29 is 0 Å². The molecule has 0 atom stereocenters. The van der Waals surface area contributed by atoms with Crippen LogP contribution >= 0.6 is 0 Å². The molecule has 0 unspecified atom stereocenters. The van der Waals surface area contributed by atoms with E-state index in [1.54, 1.807) is 0 Å². The lowest BCUT2D eigenvalue weighted by Gasteiger charge is -2.20. The quantitative estimate of drug-likeness (QED) is 0.778. The molecule has 0 aliphatic carbocycles. The number of hydrogen-bond donors (Lipinski definition) is 1. The zero-order valence-corrected chi connectivity index (χ0v) is 11.3. The number of aryl methyl sites for hydroxylation is 2. The van der Waals surface area contributed by atoms with Crippen LogP contribution in [0.3, 0.4) is 0 Å². The third kappa shape index (κ3) is 4.35. The van der Waals surface area contributed by atoms with Crippen molar-refractivity contribution >= 4 is 0 Å². The van der Waals surface area contributed by atoms with E-state index in [2.05, 4.69) is 49.5 Å². The Hall–Kier alpha value is -0.830. The van der Waals surface area contributed by atoms with Crippen LogP contribution < -0.4 is 5.32 Å². The number of aromatic nitrogens is 2. The first-order chi connectivity index (χ1) is 7.40. The molecule has 0 amide bonds. The summed E-state index contributed by atoms with van der Waals surface area (Å²) >= 11 is 0. The second kappa shape index (κ2) is 5.48. The molecular formula is C13H25N3. The Morgan fingerprint density at radius 3 is 2.44 bits per heavy atom. The number of nitrogens with zero attached hydrogens (tertiary/aromatic N) is 2. The van der Waals surface area contributed by atoms with Gasteiger partial charge in [0.15, 0.2) is 0 Å². The molecule has 0 saturated carbocycles. The predicted octanol–water partition coefficient (Wildman–Crippen LogP) is 2.67. The summed E-state index contributed by atoms with van der Waals surface area (Å²) < 4.78 is 2.24. The Labute approximate surface area is 99.3 Å². The number of unbranched alkanes of at least 4 members (excludes halogenated alkanes) is 1. The summed E-state index contributed by atoms with van der Waals surface area (Å²) in [5, 5.41) is 3.50. The summed E-state index contributed by atoms with van der Waals surface area (Å²) in [6, 6.07) is 0. The molecule has 16 heavy (non-hydrogen) atoms. The first kappa shape index (κ1) is 13.2. The molecule has 3 nitrogen and oxygen atoms in total. The van der Waals surface area contributed by atoms with Gasteiger partial charge in [0.05, 0.1) is 12.0 Å². The van der Waals surface area contributed by atoms with Crippen molar-refractivity contribution in [2.45, 2.75) is 59.5 Å². The van der Waals surface area contributed by atoms with Crippen LogP contribution in [-0.4, -0.2) is 21.6 Å². The first-order valence-corrected chi connectivity index (χ1v) is 6.13. The number of imidazole rings is 1. The molecule has 0 saturated heterocycles. The number of nitrogens with one attached hydrogen (secondary N) is 1. The molecule has 92 valence electrons. The third-order valence-corrected chi connectivity index (χ3v) is 2.83. The predicted molar refractivity (Wildman–Crippen MR) is 68.7 cm³/mol. The standard InChI is InChI=1S/C13H25N3/c1-11-12(2)16(10-14-11)9-7-6-8-15-13(3,4)5/h10,15H,6-9H2,1-5H3. The smallest absolute Gasteiger partial charge is 0.0951 e. The average molecular weight is 223 g/mol. The topological polar surface area (TPSA) is 29.9 Å². The van der Waals surface area contributed by atoms with Gasteiger partial charge in [-0.05, 0) is 54.0 Å². The minimum atomic E-state index is 0.238. The maximum Gasteiger partial charge on any atom is 0.0951 e. The van der Waals surface area contributed by atoms with Crippen molar-refractivity contribution in [1.29, 1.82) is 0 Å². The van der Waals surface area contributed by atoms with E-state index in [-0.39, 0.29) is 5.54 Å². The number of rotatable bonds is 5. The Morgan fingerprint density at radius 2 is 1.94 bits per heavy atom. The second-order valence-corrected chi connectivity index (χ2v) is 5.49. The van der Waals surface area contributed by atoms with Crippen molar-refractivity contribution in [1.82, 2.24) is 14.9 Å². The first-order valence-electron chi connectivity index (χ1n) is 6.13. The van der Waals surface area contributed by atoms with Gasteiger partial charge in [0, 0.05) is 17.8 Å². The molecule has 1 heterocycles. The molecule has 0 aliphatic rings. The van der Waals surface area contributed by atoms with Gasteiger partial charge in [-0.3, -0.25) is 0 Å². The highest BCUT2D eigenvalue weighted by Gasteiger charge is 2.07. The Morgan fingerprint density at radius 1 is 1.25 bits per heavy atom. The molecule has 1 rings (SSSR count). The lowest BCUT2D eigenvalue weighted by atomic mass is 10.1. The molecule has 0 spiro atoms. The summed E-state index contributed by atoms with van der Waals surface area (Å²) in [6.45, 7) is 13.0. The largest absolute Gasteiger partial charge is 0.335 e. The van der Waals surface area contributed by atoms with Crippen molar-refractivity contribution in [2.24, 2.45) is 0 Å². The molecule has 0 bridgehead atoms. The van der Waals surface area contributed by atoms with E-state index in [1.165, 1.54) is 18.5 Å². The van der Waals surface area contributed by atoms with Crippen molar-refractivity contribution in [2.75, 3.05) is 6.54 Å². The lowest BCUT2D eigenvalue weighted by Crippen LogP contribution is -2.36. The lowest BCUT2D eigenvalue weighted by molar-refractivity contribution is 0.414. The third-order valence-electron chi connectivity index (χ3n) is 2.83. The van der Waals surface area contributed by atoms with Gasteiger partial charge < -0.3 is 9.88 Å². The molecular weight excluding hydrogens is 198 g/mol. The molecule has 1 N–H and O–H groups in total. The van der Waals surface area contributed by atoms with Crippen molar-refractivity contribution in [3.63, 3.8) is 0 Å². The molecule has 0 fully saturated rings. The summed E-state index contributed by atoms with van der Waals surface area (Å²) in [5.74, 6) is 0. The fourth-order valence-electron chi connectivity index (χ4n) is 1.64. The Kier molecular flexibility index (Phi) is 4.54. The molecule has 0 radical (unpaired) electrons. The molecule has 3 heteroatoms. The fourth-order valence-corrected chi connectivity index (χ4v) is 1.64. The van der Waals surface area contributed by atoms with E-state index in [0.29, 0.717) is 0 Å². The average Bonchev–Trinajstić information content (AvgIpc) is 2.47. The van der Waals surface area contributed by atoms with E-state index < -0.39 is 0 Å². The highest BCUT2D eigenvalue weighted by Crippen LogP contribution is 2.06.